The molecule has 0 aliphatic carbocycles. The van der Waals surface area contributed by atoms with Gasteiger partial charge >= 0.3 is 0 Å². The van der Waals surface area contributed by atoms with Crippen molar-refractivity contribution in [1.29, 1.82) is 0 Å². The van der Waals surface area contributed by atoms with E-state index in [0.29, 0.717) is 5.52 Å². The molecule has 2 heteroatoms. The fourth-order valence-corrected chi connectivity index (χ4v) is 2.38. The number of H-pyrrole nitrogens is 1. The van der Waals surface area contributed by atoms with Crippen LogP contribution in [0.3, 0.4) is 0 Å². The molecule has 1 aromatic heterocycles. The smallest absolute Gasteiger partial charge is 0.147 e. The van der Waals surface area contributed by atoms with Crippen LogP contribution >= 0.6 is 0 Å². The molecule has 0 aliphatic heterocycles. The maximum atomic E-state index is 13.6. The molecule has 0 saturated heterocycles. The molecular weight excluding hydrogens is 225 g/mol. The Labute approximate surface area is 105 Å². The summed E-state index contributed by atoms with van der Waals surface area (Å²) in [5, 5.41) is 0.907. The summed E-state index contributed by atoms with van der Waals surface area (Å²) < 4.78 is 13.6. The molecule has 0 saturated carbocycles. The molecule has 0 radical (unpaired) electrons. The van der Waals surface area contributed by atoms with Crippen molar-refractivity contribution in [2.24, 2.45) is 0 Å². The lowest BCUT2D eigenvalue weighted by Crippen LogP contribution is -1.84. The number of benzene rings is 2. The minimum atomic E-state index is -0.205. The van der Waals surface area contributed by atoms with Gasteiger partial charge in [0.25, 0.3) is 0 Å². The summed E-state index contributed by atoms with van der Waals surface area (Å²) in [6.07, 6.45) is 0. The van der Waals surface area contributed by atoms with Crippen molar-refractivity contribution in [3.63, 3.8) is 0 Å². The van der Waals surface area contributed by atoms with Gasteiger partial charge in [-0.2, -0.15) is 0 Å². The predicted molar refractivity (Wildman–Crippen MR) is 73.2 cm³/mol. The van der Waals surface area contributed by atoms with E-state index in [-0.39, 0.29) is 5.82 Å². The minimum absolute atomic E-state index is 0.205. The lowest BCUT2D eigenvalue weighted by molar-refractivity contribution is 0.637. The summed E-state index contributed by atoms with van der Waals surface area (Å²) in [4.78, 5) is 3.17. The zero-order chi connectivity index (χ0) is 12.7. The van der Waals surface area contributed by atoms with E-state index in [4.69, 9.17) is 0 Å². The number of para-hydroxylation sites is 1. The second-order valence-corrected chi connectivity index (χ2v) is 4.71. The Kier molecular flexibility index (Phi) is 2.44. The standard InChI is InChI=1S/C16H14FN/c1-10-6-7-13(11(2)8-10)15-9-12-4-3-5-14(17)16(12)18-15/h3-9,18H,1-2H3. The quantitative estimate of drug-likeness (QED) is 0.639. The lowest BCUT2D eigenvalue weighted by Gasteiger charge is -2.04. The van der Waals surface area contributed by atoms with Crippen LogP contribution in [-0.2, 0) is 0 Å². The summed E-state index contributed by atoms with van der Waals surface area (Å²) >= 11 is 0. The Bertz CT molecular complexity index is 725. The molecular formula is C16H14FN. The van der Waals surface area contributed by atoms with Gasteiger partial charge in [-0.05, 0) is 31.5 Å². The minimum Gasteiger partial charge on any atom is -0.352 e. The lowest BCUT2D eigenvalue weighted by atomic mass is 10.0. The molecule has 3 aromatic rings. The van der Waals surface area contributed by atoms with E-state index >= 15 is 0 Å². The Balaban J connectivity index is 2.23. The zero-order valence-corrected chi connectivity index (χ0v) is 10.4. The van der Waals surface area contributed by atoms with Crippen LogP contribution in [0.4, 0.5) is 4.39 Å². The van der Waals surface area contributed by atoms with Gasteiger partial charge < -0.3 is 4.98 Å². The Morgan fingerprint density at radius 1 is 1.00 bits per heavy atom. The van der Waals surface area contributed by atoms with Gasteiger partial charge in [-0.1, -0.05) is 35.9 Å². The fourth-order valence-electron chi connectivity index (χ4n) is 2.38. The number of fused-ring (bicyclic) bond motifs is 1. The van der Waals surface area contributed by atoms with Crippen LogP contribution in [0, 0.1) is 19.7 Å². The summed E-state index contributed by atoms with van der Waals surface area (Å²) in [5.41, 5.74) is 5.09. The number of hydrogen-bond donors (Lipinski definition) is 1. The first-order chi connectivity index (χ1) is 8.65. The number of rotatable bonds is 1. The topological polar surface area (TPSA) is 15.8 Å². The third kappa shape index (κ3) is 1.70. The van der Waals surface area contributed by atoms with E-state index < -0.39 is 0 Å². The van der Waals surface area contributed by atoms with Crippen LogP contribution in [0.1, 0.15) is 11.1 Å². The van der Waals surface area contributed by atoms with Gasteiger partial charge in [-0.3, -0.25) is 0 Å². The van der Waals surface area contributed by atoms with E-state index in [9.17, 15) is 4.39 Å². The summed E-state index contributed by atoms with van der Waals surface area (Å²) in [7, 11) is 0. The number of hydrogen-bond acceptors (Lipinski definition) is 0. The van der Waals surface area contributed by atoms with Gasteiger partial charge in [0.1, 0.15) is 5.82 Å². The third-order valence-corrected chi connectivity index (χ3v) is 3.28. The largest absolute Gasteiger partial charge is 0.352 e. The number of nitrogens with one attached hydrogen (secondary N) is 1. The SMILES string of the molecule is Cc1ccc(-c2cc3cccc(F)c3[nH]2)c(C)c1. The van der Waals surface area contributed by atoms with Crippen molar-refractivity contribution in [1.82, 2.24) is 4.98 Å². The molecule has 1 heterocycles. The van der Waals surface area contributed by atoms with E-state index in [1.807, 2.05) is 12.1 Å². The fraction of sp³-hybridized carbons (Fsp3) is 0.125. The van der Waals surface area contributed by atoms with Crippen molar-refractivity contribution in [2.75, 3.05) is 0 Å². The highest BCUT2D eigenvalue weighted by atomic mass is 19.1. The van der Waals surface area contributed by atoms with Crippen LogP contribution in [-0.4, -0.2) is 4.98 Å². The van der Waals surface area contributed by atoms with Crippen LogP contribution in [0.25, 0.3) is 22.2 Å². The van der Waals surface area contributed by atoms with E-state index in [0.717, 1.165) is 16.6 Å². The molecule has 2 aromatic carbocycles. The highest BCUT2D eigenvalue weighted by Gasteiger charge is 2.08. The third-order valence-electron chi connectivity index (χ3n) is 3.28. The van der Waals surface area contributed by atoms with Gasteiger partial charge in [0, 0.05) is 16.6 Å². The molecule has 1 nitrogen and oxygen atoms in total. The Hall–Kier alpha value is -2.09. The maximum Gasteiger partial charge on any atom is 0.147 e. The molecule has 90 valence electrons. The second kappa shape index (κ2) is 3.98. The number of aromatic amines is 1. The summed E-state index contributed by atoms with van der Waals surface area (Å²) in [6, 6.07) is 13.4. The normalized spacial score (nSPS) is 11.1. The summed E-state index contributed by atoms with van der Waals surface area (Å²) in [6.45, 7) is 4.14. The molecule has 0 fully saturated rings. The molecule has 0 amide bonds. The van der Waals surface area contributed by atoms with Gasteiger partial charge in [-0.25, -0.2) is 4.39 Å². The molecule has 1 N–H and O–H groups in total. The number of aromatic nitrogens is 1. The van der Waals surface area contributed by atoms with Crippen molar-refractivity contribution in [3.8, 4) is 11.3 Å². The van der Waals surface area contributed by atoms with Crippen LogP contribution in [0.5, 0.6) is 0 Å². The second-order valence-electron chi connectivity index (χ2n) is 4.71. The molecule has 0 atom stereocenters. The Morgan fingerprint density at radius 3 is 2.56 bits per heavy atom. The Morgan fingerprint density at radius 2 is 1.83 bits per heavy atom. The summed E-state index contributed by atoms with van der Waals surface area (Å²) in [5.74, 6) is -0.205. The van der Waals surface area contributed by atoms with E-state index in [2.05, 4.69) is 37.0 Å². The molecule has 0 unspecified atom stereocenters. The van der Waals surface area contributed by atoms with Crippen molar-refractivity contribution < 1.29 is 4.39 Å². The zero-order valence-electron chi connectivity index (χ0n) is 10.4. The van der Waals surface area contributed by atoms with Crippen LogP contribution in [0.2, 0.25) is 0 Å². The first kappa shape index (κ1) is 11.0. The molecule has 0 bridgehead atoms. The van der Waals surface area contributed by atoms with Crippen LogP contribution in [0.15, 0.2) is 42.5 Å². The van der Waals surface area contributed by atoms with E-state index in [1.165, 1.54) is 17.2 Å². The van der Waals surface area contributed by atoms with E-state index in [1.54, 1.807) is 6.07 Å². The highest BCUT2D eigenvalue weighted by molar-refractivity contribution is 5.86. The molecule has 0 aliphatic rings. The van der Waals surface area contributed by atoms with Gasteiger partial charge in [0.15, 0.2) is 0 Å². The first-order valence-electron chi connectivity index (χ1n) is 6.00. The van der Waals surface area contributed by atoms with Gasteiger partial charge in [-0.15, -0.1) is 0 Å². The first-order valence-corrected chi connectivity index (χ1v) is 6.00. The molecule has 3 rings (SSSR count). The molecule has 18 heavy (non-hydrogen) atoms. The average molecular weight is 239 g/mol. The van der Waals surface area contributed by atoms with Crippen molar-refractivity contribution in [2.45, 2.75) is 13.8 Å². The molecule has 0 spiro atoms. The van der Waals surface area contributed by atoms with Gasteiger partial charge in [0.05, 0.1) is 5.52 Å². The predicted octanol–water partition coefficient (Wildman–Crippen LogP) is 4.59. The van der Waals surface area contributed by atoms with Gasteiger partial charge in [0.2, 0.25) is 0 Å². The maximum absolute atomic E-state index is 13.6. The van der Waals surface area contributed by atoms with Crippen LogP contribution < -0.4 is 0 Å². The average Bonchev–Trinajstić information content (AvgIpc) is 2.74. The van der Waals surface area contributed by atoms with Crippen molar-refractivity contribution in [3.05, 3.63) is 59.4 Å². The number of halogens is 1. The monoisotopic (exact) mass is 239 g/mol. The number of aryl methyl sites for hydroxylation is 2. The highest BCUT2D eigenvalue weighted by Crippen LogP contribution is 2.28. The van der Waals surface area contributed by atoms with Crippen molar-refractivity contribution >= 4 is 10.9 Å².